The molecule has 0 amide bonds. The second-order valence-corrected chi connectivity index (χ2v) is 3.36. The first-order valence-corrected chi connectivity index (χ1v) is 4.60. The molecule has 0 fully saturated rings. The van der Waals surface area contributed by atoms with Crippen LogP contribution in [0.4, 0.5) is 4.39 Å². The molecule has 0 radical (unpaired) electrons. The minimum absolute atomic E-state index is 0.108. The Kier molecular flexibility index (Phi) is 3.80. The molecule has 0 aliphatic rings. The fourth-order valence-corrected chi connectivity index (χ4v) is 1.08. The third-order valence-corrected chi connectivity index (χ3v) is 2.15. The summed E-state index contributed by atoms with van der Waals surface area (Å²) in [6, 6.07) is 4.35. The predicted molar refractivity (Wildman–Crippen MR) is 53.0 cm³/mol. The number of rotatable bonds is 4. The normalized spacial score (nSPS) is 12.5. The molecule has 1 atom stereocenters. The lowest BCUT2D eigenvalue weighted by Gasteiger charge is -2.10. The zero-order valence-electron chi connectivity index (χ0n) is 8.66. The highest BCUT2D eigenvalue weighted by molar-refractivity contribution is 5.71. The lowest BCUT2D eigenvalue weighted by Crippen LogP contribution is -2.19. The van der Waals surface area contributed by atoms with Gasteiger partial charge in [0.15, 0.2) is 6.10 Å². The average molecular weight is 212 g/mol. The maximum atomic E-state index is 12.9. The van der Waals surface area contributed by atoms with Crippen molar-refractivity contribution in [1.29, 1.82) is 0 Å². The second kappa shape index (κ2) is 4.89. The third kappa shape index (κ3) is 3.32. The van der Waals surface area contributed by atoms with E-state index in [1.807, 2.05) is 6.92 Å². The molecule has 0 spiro atoms. The van der Waals surface area contributed by atoms with Crippen LogP contribution in [0.15, 0.2) is 18.2 Å². The van der Waals surface area contributed by atoms with Crippen molar-refractivity contribution in [2.75, 3.05) is 0 Å². The van der Waals surface area contributed by atoms with Gasteiger partial charge in [0.05, 0.1) is 6.61 Å². The summed E-state index contributed by atoms with van der Waals surface area (Å²) in [5.41, 5.74) is 1.55. The van der Waals surface area contributed by atoms with Gasteiger partial charge < -0.3 is 9.84 Å². The van der Waals surface area contributed by atoms with Crippen LogP contribution < -0.4 is 0 Å². The van der Waals surface area contributed by atoms with Gasteiger partial charge in [-0.3, -0.25) is 0 Å². The lowest BCUT2D eigenvalue weighted by atomic mass is 10.1. The lowest BCUT2D eigenvalue weighted by molar-refractivity contribution is -0.149. The summed E-state index contributed by atoms with van der Waals surface area (Å²) in [7, 11) is 0. The first-order chi connectivity index (χ1) is 7.00. The predicted octanol–water partition coefficient (Wildman–Crippen LogP) is 2.12. The summed E-state index contributed by atoms with van der Waals surface area (Å²) >= 11 is 0. The number of carboxylic acids is 1. The van der Waals surface area contributed by atoms with Crippen molar-refractivity contribution in [2.45, 2.75) is 26.6 Å². The molecule has 82 valence electrons. The van der Waals surface area contributed by atoms with Gasteiger partial charge in [-0.2, -0.15) is 0 Å². The Labute approximate surface area is 87.5 Å². The molecule has 1 aromatic rings. The minimum Gasteiger partial charge on any atom is -0.479 e. The number of carbonyl (C=O) groups is 1. The number of halogens is 1. The fourth-order valence-electron chi connectivity index (χ4n) is 1.08. The van der Waals surface area contributed by atoms with Gasteiger partial charge in [-0.15, -0.1) is 0 Å². The monoisotopic (exact) mass is 212 g/mol. The maximum absolute atomic E-state index is 12.9. The van der Waals surface area contributed by atoms with E-state index in [9.17, 15) is 9.18 Å². The van der Waals surface area contributed by atoms with Gasteiger partial charge in [0, 0.05) is 0 Å². The quantitative estimate of drug-likeness (QED) is 0.831. The molecule has 15 heavy (non-hydrogen) atoms. The van der Waals surface area contributed by atoms with E-state index in [4.69, 9.17) is 9.84 Å². The molecule has 0 saturated heterocycles. The first kappa shape index (κ1) is 11.7. The second-order valence-electron chi connectivity index (χ2n) is 3.36. The summed E-state index contributed by atoms with van der Waals surface area (Å²) in [6.07, 6.45) is -0.882. The van der Waals surface area contributed by atoms with Crippen molar-refractivity contribution in [1.82, 2.24) is 0 Å². The van der Waals surface area contributed by atoms with Gasteiger partial charge in [-0.05, 0) is 37.1 Å². The molecule has 1 N–H and O–H groups in total. The van der Waals surface area contributed by atoms with Gasteiger partial charge in [-0.1, -0.05) is 6.07 Å². The molecule has 0 heterocycles. The molecule has 0 unspecified atom stereocenters. The number of benzene rings is 1. The molecule has 1 rings (SSSR count). The Balaban J connectivity index is 2.65. The van der Waals surface area contributed by atoms with Crippen LogP contribution in [0.1, 0.15) is 18.1 Å². The molecule has 0 aliphatic heterocycles. The van der Waals surface area contributed by atoms with E-state index in [-0.39, 0.29) is 12.4 Å². The highest BCUT2D eigenvalue weighted by Gasteiger charge is 2.11. The van der Waals surface area contributed by atoms with E-state index in [0.717, 1.165) is 5.56 Å². The maximum Gasteiger partial charge on any atom is 0.332 e. The van der Waals surface area contributed by atoms with Crippen molar-refractivity contribution in [3.8, 4) is 0 Å². The van der Waals surface area contributed by atoms with Crippen molar-refractivity contribution < 1.29 is 19.0 Å². The standard InChI is InChI=1S/C11H13FO3/c1-7-3-4-10(12)5-9(7)6-15-8(2)11(13)14/h3-5,8H,6H2,1-2H3,(H,13,14)/t8-/m0/s1. The highest BCUT2D eigenvalue weighted by atomic mass is 19.1. The Bertz CT molecular complexity index is 363. The number of hydrogen-bond acceptors (Lipinski definition) is 2. The van der Waals surface area contributed by atoms with Crippen molar-refractivity contribution in [3.63, 3.8) is 0 Å². The number of hydrogen-bond donors (Lipinski definition) is 1. The topological polar surface area (TPSA) is 46.5 Å². The van der Waals surface area contributed by atoms with Gasteiger partial charge >= 0.3 is 5.97 Å². The molecule has 0 bridgehead atoms. The van der Waals surface area contributed by atoms with Gasteiger partial charge in [0.1, 0.15) is 5.82 Å². The van der Waals surface area contributed by atoms with Crippen LogP contribution >= 0.6 is 0 Å². The van der Waals surface area contributed by atoms with E-state index in [0.29, 0.717) is 5.56 Å². The molecule has 0 aliphatic carbocycles. The van der Waals surface area contributed by atoms with E-state index >= 15 is 0 Å². The van der Waals surface area contributed by atoms with E-state index in [1.54, 1.807) is 6.07 Å². The highest BCUT2D eigenvalue weighted by Crippen LogP contribution is 2.12. The zero-order valence-corrected chi connectivity index (χ0v) is 8.66. The smallest absolute Gasteiger partial charge is 0.332 e. The van der Waals surface area contributed by atoms with Crippen LogP contribution in [-0.2, 0) is 16.1 Å². The van der Waals surface area contributed by atoms with Crippen LogP contribution in [0, 0.1) is 12.7 Å². The molecule has 4 heteroatoms. The molecule has 0 saturated carbocycles. The van der Waals surface area contributed by atoms with Crippen LogP contribution in [0.25, 0.3) is 0 Å². The van der Waals surface area contributed by atoms with Gasteiger partial charge in [0.2, 0.25) is 0 Å². The fraction of sp³-hybridized carbons (Fsp3) is 0.364. The molecule has 3 nitrogen and oxygen atoms in total. The van der Waals surface area contributed by atoms with Crippen molar-refractivity contribution in [2.24, 2.45) is 0 Å². The summed E-state index contributed by atoms with van der Waals surface area (Å²) < 4.78 is 17.9. The Morgan fingerprint density at radius 3 is 2.87 bits per heavy atom. The van der Waals surface area contributed by atoms with Crippen LogP contribution in [-0.4, -0.2) is 17.2 Å². The molecule has 1 aromatic carbocycles. The minimum atomic E-state index is -1.02. The number of aryl methyl sites for hydroxylation is 1. The average Bonchev–Trinajstić information content (AvgIpc) is 2.18. The first-order valence-electron chi connectivity index (χ1n) is 4.60. The van der Waals surface area contributed by atoms with Crippen LogP contribution in [0.2, 0.25) is 0 Å². The molecule has 0 aromatic heterocycles. The van der Waals surface area contributed by atoms with Crippen molar-refractivity contribution >= 4 is 5.97 Å². The molecular formula is C11H13FO3. The Morgan fingerprint density at radius 2 is 2.27 bits per heavy atom. The zero-order chi connectivity index (χ0) is 11.4. The summed E-state index contributed by atoms with van der Waals surface area (Å²) in [5, 5.41) is 8.58. The number of carboxylic acid groups (broad SMARTS) is 1. The van der Waals surface area contributed by atoms with Gasteiger partial charge in [0.25, 0.3) is 0 Å². The van der Waals surface area contributed by atoms with Crippen molar-refractivity contribution in [3.05, 3.63) is 35.1 Å². The number of ether oxygens (including phenoxy) is 1. The summed E-state index contributed by atoms with van der Waals surface area (Å²) in [6.45, 7) is 3.37. The van der Waals surface area contributed by atoms with E-state index in [1.165, 1.54) is 19.1 Å². The van der Waals surface area contributed by atoms with Crippen LogP contribution in [0.3, 0.4) is 0 Å². The largest absolute Gasteiger partial charge is 0.479 e. The number of aliphatic carboxylic acids is 1. The van der Waals surface area contributed by atoms with E-state index in [2.05, 4.69) is 0 Å². The summed E-state index contributed by atoms with van der Waals surface area (Å²) in [5.74, 6) is -1.37. The SMILES string of the molecule is Cc1ccc(F)cc1CO[C@@H](C)C(=O)O. The van der Waals surface area contributed by atoms with Crippen LogP contribution in [0.5, 0.6) is 0 Å². The van der Waals surface area contributed by atoms with E-state index < -0.39 is 12.1 Å². The molecular weight excluding hydrogens is 199 g/mol. The Hall–Kier alpha value is -1.42. The van der Waals surface area contributed by atoms with Gasteiger partial charge in [-0.25, -0.2) is 9.18 Å². The Morgan fingerprint density at radius 1 is 1.60 bits per heavy atom. The third-order valence-electron chi connectivity index (χ3n) is 2.15. The summed E-state index contributed by atoms with van der Waals surface area (Å²) in [4.78, 5) is 10.5.